The average molecular weight is 350 g/mol. The van der Waals surface area contributed by atoms with Crippen LogP contribution in [-0.2, 0) is 13.6 Å². The summed E-state index contributed by atoms with van der Waals surface area (Å²) in [6, 6.07) is 8.18. The van der Waals surface area contributed by atoms with E-state index in [9.17, 15) is 4.79 Å². The molecule has 5 nitrogen and oxygen atoms in total. The maximum absolute atomic E-state index is 13.3. The standard InChI is InChI=1S/C21H26N4O/c1-4-24-14-18(17-9-5-6-10-19(17)24)21(26)25-11-7-8-16(13-25)20-22-15(2)12-23(20)3/h5-6,9-10,12,14,16H,4,7-8,11,13H2,1-3H3/t16-/m1/s1. The van der Waals surface area contributed by atoms with Crippen LogP contribution in [0.5, 0.6) is 0 Å². The van der Waals surface area contributed by atoms with Gasteiger partial charge in [-0.05, 0) is 32.8 Å². The highest BCUT2D eigenvalue weighted by molar-refractivity contribution is 6.07. The molecule has 0 spiro atoms. The SMILES string of the molecule is CCn1cc(C(=O)N2CCC[C@@H](c3nc(C)cn3C)C2)c2ccccc21. The number of hydrogen-bond donors (Lipinski definition) is 0. The first-order valence-electron chi connectivity index (χ1n) is 9.45. The van der Waals surface area contributed by atoms with Gasteiger partial charge in [-0.2, -0.15) is 0 Å². The van der Waals surface area contributed by atoms with Crippen molar-refractivity contribution in [2.24, 2.45) is 7.05 Å². The largest absolute Gasteiger partial charge is 0.347 e. The lowest BCUT2D eigenvalue weighted by Gasteiger charge is -2.32. The molecule has 1 fully saturated rings. The van der Waals surface area contributed by atoms with Gasteiger partial charge in [0.25, 0.3) is 5.91 Å². The Labute approximate surface area is 154 Å². The van der Waals surface area contributed by atoms with Crippen LogP contribution in [0.3, 0.4) is 0 Å². The zero-order chi connectivity index (χ0) is 18.3. The minimum atomic E-state index is 0.143. The fourth-order valence-corrected chi connectivity index (χ4v) is 4.24. The van der Waals surface area contributed by atoms with Crippen molar-refractivity contribution in [1.82, 2.24) is 19.0 Å². The normalized spacial score (nSPS) is 17.8. The second kappa shape index (κ2) is 6.63. The predicted octanol–water partition coefficient (Wildman–Crippen LogP) is 3.72. The van der Waals surface area contributed by atoms with Gasteiger partial charge in [-0.25, -0.2) is 4.98 Å². The fraction of sp³-hybridized carbons (Fsp3) is 0.429. The number of benzene rings is 1. The first-order valence-corrected chi connectivity index (χ1v) is 9.45. The Balaban J connectivity index is 1.63. The quantitative estimate of drug-likeness (QED) is 0.722. The molecular formula is C21H26N4O. The van der Waals surface area contributed by atoms with Crippen LogP contribution in [0.2, 0.25) is 0 Å². The molecule has 1 atom stereocenters. The van der Waals surface area contributed by atoms with Gasteiger partial charge in [-0.3, -0.25) is 4.79 Å². The zero-order valence-corrected chi connectivity index (χ0v) is 15.8. The molecule has 0 saturated carbocycles. The van der Waals surface area contributed by atoms with Crippen molar-refractivity contribution in [1.29, 1.82) is 0 Å². The second-order valence-corrected chi connectivity index (χ2v) is 7.29. The van der Waals surface area contributed by atoms with Crippen molar-refractivity contribution < 1.29 is 4.79 Å². The number of carbonyl (C=O) groups excluding carboxylic acids is 1. The van der Waals surface area contributed by atoms with E-state index < -0.39 is 0 Å². The van der Waals surface area contributed by atoms with E-state index in [1.54, 1.807) is 0 Å². The van der Waals surface area contributed by atoms with Crippen LogP contribution < -0.4 is 0 Å². The van der Waals surface area contributed by atoms with Crippen LogP contribution in [-0.4, -0.2) is 38.0 Å². The van der Waals surface area contributed by atoms with Gasteiger partial charge in [0.1, 0.15) is 5.82 Å². The van der Waals surface area contributed by atoms with E-state index >= 15 is 0 Å². The minimum absolute atomic E-state index is 0.143. The first kappa shape index (κ1) is 16.9. The van der Waals surface area contributed by atoms with Crippen LogP contribution in [0.1, 0.15) is 47.6 Å². The molecule has 0 bridgehead atoms. The van der Waals surface area contributed by atoms with Crippen molar-refractivity contribution >= 4 is 16.8 Å². The van der Waals surface area contributed by atoms with E-state index in [0.29, 0.717) is 5.92 Å². The highest BCUT2D eigenvalue weighted by atomic mass is 16.2. The second-order valence-electron chi connectivity index (χ2n) is 7.29. The molecule has 1 aromatic carbocycles. The number of amides is 1. The van der Waals surface area contributed by atoms with Gasteiger partial charge in [0.05, 0.1) is 11.3 Å². The van der Waals surface area contributed by atoms with Crippen LogP contribution in [0.25, 0.3) is 10.9 Å². The molecule has 0 radical (unpaired) electrons. The van der Waals surface area contributed by atoms with E-state index in [-0.39, 0.29) is 5.91 Å². The zero-order valence-electron chi connectivity index (χ0n) is 15.8. The van der Waals surface area contributed by atoms with Gasteiger partial charge in [-0.1, -0.05) is 18.2 Å². The third-order valence-corrected chi connectivity index (χ3v) is 5.47. The van der Waals surface area contributed by atoms with Crippen LogP contribution >= 0.6 is 0 Å². The lowest BCUT2D eigenvalue weighted by molar-refractivity contribution is 0.0705. The molecule has 1 amide bonds. The summed E-state index contributed by atoms with van der Waals surface area (Å²) in [5.41, 5.74) is 2.99. The van der Waals surface area contributed by atoms with Gasteiger partial charge in [0, 0.05) is 55.9 Å². The molecule has 0 unspecified atom stereocenters. The van der Waals surface area contributed by atoms with Crippen LogP contribution in [0, 0.1) is 6.92 Å². The minimum Gasteiger partial charge on any atom is -0.347 e. The number of likely N-dealkylation sites (tertiary alicyclic amines) is 1. The average Bonchev–Trinajstić information content (AvgIpc) is 3.20. The third kappa shape index (κ3) is 2.81. The maximum atomic E-state index is 13.3. The molecule has 2 aromatic heterocycles. The Hall–Kier alpha value is -2.56. The molecule has 136 valence electrons. The Morgan fingerprint density at radius 1 is 1.27 bits per heavy atom. The van der Waals surface area contributed by atoms with Crippen LogP contribution in [0.4, 0.5) is 0 Å². The molecule has 1 saturated heterocycles. The summed E-state index contributed by atoms with van der Waals surface area (Å²) in [7, 11) is 2.05. The van der Waals surface area contributed by atoms with E-state index in [1.165, 1.54) is 0 Å². The number of fused-ring (bicyclic) bond motifs is 1. The summed E-state index contributed by atoms with van der Waals surface area (Å²) >= 11 is 0. The van der Waals surface area contributed by atoms with Gasteiger partial charge < -0.3 is 14.0 Å². The number of piperidine rings is 1. The number of nitrogens with zero attached hydrogens (tertiary/aromatic N) is 4. The highest BCUT2D eigenvalue weighted by Gasteiger charge is 2.29. The van der Waals surface area contributed by atoms with Gasteiger partial charge in [-0.15, -0.1) is 0 Å². The summed E-state index contributed by atoms with van der Waals surface area (Å²) in [5.74, 6) is 1.55. The molecule has 3 aromatic rings. The number of rotatable bonds is 3. The molecule has 1 aliphatic rings. The van der Waals surface area contributed by atoms with Gasteiger partial charge in [0.15, 0.2) is 0 Å². The lowest BCUT2D eigenvalue weighted by Crippen LogP contribution is -2.39. The van der Waals surface area contributed by atoms with E-state index in [1.807, 2.05) is 37.2 Å². The number of aryl methyl sites for hydroxylation is 3. The van der Waals surface area contributed by atoms with Crippen molar-refractivity contribution in [2.45, 2.75) is 39.2 Å². The van der Waals surface area contributed by atoms with Crippen molar-refractivity contribution in [2.75, 3.05) is 13.1 Å². The molecule has 4 rings (SSSR count). The molecule has 0 N–H and O–H groups in total. The molecule has 1 aliphatic heterocycles. The maximum Gasteiger partial charge on any atom is 0.256 e. The smallest absolute Gasteiger partial charge is 0.256 e. The summed E-state index contributed by atoms with van der Waals surface area (Å²) in [6.45, 7) is 6.57. The fourth-order valence-electron chi connectivity index (χ4n) is 4.24. The topological polar surface area (TPSA) is 43.1 Å². The van der Waals surface area contributed by atoms with Gasteiger partial charge in [0.2, 0.25) is 0 Å². The number of para-hydroxylation sites is 1. The number of carbonyl (C=O) groups is 1. The van der Waals surface area contributed by atoms with E-state index in [0.717, 1.165) is 60.5 Å². The molecular weight excluding hydrogens is 324 g/mol. The number of aromatic nitrogens is 3. The van der Waals surface area contributed by atoms with E-state index in [2.05, 4.69) is 39.4 Å². The number of imidazole rings is 1. The first-order chi connectivity index (χ1) is 12.6. The summed E-state index contributed by atoms with van der Waals surface area (Å²) in [6.07, 6.45) is 6.19. The van der Waals surface area contributed by atoms with Crippen molar-refractivity contribution in [3.8, 4) is 0 Å². The lowest BCUT2D eigenvalue weighted by atomic mass is 9.96. The number of hydrogen-bond acceptors (Lipinski definition) is 2. The summed E-state index contributed by atoms with van der Waals surface area (Å²) in [4.78, 5) is 20.0. The third-order valence-electron chi connectivity index (χ3n) is 5.47. The summed E-state index contributed by atoms with van der Waals surface area (Å²) in [5, 5.41) is 1.05. The van der Waals surface area contributed by atoms with Gasteiger partial charge >= 0.3 is 0 Å². The molecule has 0 aliphatic carbocycles. The van der Waals surface area contributed by atoms with E-state index in [4.69, 9.17) is 0 Å². The predicted molar refractivity (Wildman–Crippen MR) is 103 cm³/mol. The summed E-state index contributed by atoms with van der Waals surface area (Å²) < 4.78 is 4.27. The Kier molecular flexibility index (Phi) is 4.31. The van der Waals surface area contributed by atoms with Crippen molar-refractivity contribution in [3.63, 3.8) is 0 Å². The van der Waals surface area contributed by atoms with Crippen molar-refractivity contribution in [3.05, 3.63) is 53.7 Å². The Morgan fingerprint density at radius 3 is 2.81 bits per heavy atom. The monoisotopic (exact) mass is 350 g/mol. The Bertz CT molecular complexity index is 952. The molecule has 26 heavy (non-hydrogen) atoms. The Morgan fingerprint density at radius 2 is 2.08 bits per heavy atom. The molecule has 5 heteroatoms. The highest BCUT2D eigenvalue weighted by Crippen LogP contribution is 2.29. The van der Waals surface area contributed by atoms with Crippen LogP contribution in [0.15, 0.2) is 36.7 Å². The molecule has 3 heterocycles.